The van der Waals surface area contributed by atoms with Crippen molar-refractivity contribution < 1.29 is 27.5 Å². The van der Waals surface area contributed by atoms with E-state index in [1.807, 2.05) is 0 Å². The Balaban J connectivity index is 1.63. The van der Waals surface area contributed by atoms with Crippen molar-refractivity contribution in [2.24, 2.45) is 0 Å². The number of benzene rings is 2. The van der Waals surface area contributed by atoms with Crippen molar-refractivity contribution in [3.05, 3.63) is 64.2 Å². The van der Waals surface area contributed by atoms with Gasteiger partial charge in [0, 0.05) is 48.4 Å². The van der Waals surface area contributed by atoms with Crippen LogP contribution in [-0.4, -0.2) is 74.6 Å². The molecular formula is C21H20N2O6S. The summed E-state index contributed by atoms with van der Waals surface area (Å²) in [6.45, 7) is 0.964. The Morgan fingerprint density at radius 3 is 2.27 bits per heavy atom. The Bertz CT molecular complexity index is 1180. The van der Waals surface area contributed by atoms with E-state index in [0.29, 0.717) is 5.75 Å². The summed E-state index contributed by atoms with van der Waals surface area (Å²) in [4.78, 5) is 40.4. The third-order valence-corrected chi connectivity index (χ3v) is 6.77. The van der Waals surface area contributed by atoms with Crippen molar-refractivity contribution >= 4 is 27.5 Å². The normalized spacial score (nSPS) is 16.8. The second kappa shape index (κ2) is 7.33. The van der Waals surface area contributed by atoms with Crippen molar-refractivity contribution in [2.75, 3.05) is 39.5 Å². The van der Waals surface area contributed by atoms with Gasteiger partial charge in [-0.1, -0.05) is 12.1 Å². The molecule has 0 bridgehead atoms. The SMILES string of the molecule is COc1cccc2c1C(=O)c1ccc(C(=O)N3CCN(S(C)(=O)=O)CC3)cc1C2=O. The Hall–Kier alpha value is -3.04. The molecule has 1 aliphatic heterocycles. The van der Waals surface area contributed by atoms with E-state index in [1.54, 1.807) is 23.1 Å². The highest BCUT2D eigenvalue weighted by Crippen LogP contribution is 2.33. The zero-order valence-corrected chi connectivity index (χ0v) is 17.4. The van der Waals surface area contributed by atoms with E-state index in [2.05, 4.69) is 0 Å². The van der Waals surface area contributed by atoms with Gasteiger partial charge in [0.2, 0.25) is 10.0 Å². The number of nitrogens with zero attached hydrogens (tertiary/aromatic N) is 2. The number of methoxy groups -OCH3 is 1. The van der Waals surface area contributed by atoms with Crippen LogP contribution in [0.3, 0.4) is 0 Å². The lowest BCUT2D eigenvalue weighted by Gasteiger charge is -2.33. The van der Waals surface area contributed by atoms with Crippen LogP contribution in [0.2, 0.25) is 0 Å². The highest BCUT2D eigenvalue weighted by Gasteiger charge is 2.33. The number of sulfonamides is 1. The highest BCUT2D eigenvalue weighted by atomic mass is 32.2. The number of carbonyl (C=O) groups excluding carboxylic acids is 3. The summed E-state index contributed by atoms with van der Waals surface area (Å²) < 4.78 is 29.9. The number of fused-ring (bicyclic) bond motifs is 2. The van der Waals surface area contributed by atoms with Crippen molar-refractivity contribution in [3.63, 3.8) is 0 Å². The maximum atomic E-state index is 13.0. The molecule has 1 fully saturated rings. The molecule has 0 spiro atoms. The lowest BCUT2D eigenvalue weighted by atomic mass is 9.82. The van der Waals surface area contributed by atoms with Gasteiger partial charge in [0.15, 0.2) is 11.6 Å². The molecule has 156 valence electrons. The molecule has 4 rings (SSSR count). The van der Waals surface area contributed by atoms with Crippen LogP contribution in [-0.2, 0) is 10.0 Å². The third-order valence-electron chi connectivity index (χ3n) is 5.47. The van der Waals surface area contributed by atoms with Gasteiger partial charge in [-0.05, 0) is 24.3 Å². The molecule has 0 N–H and O–H groups in total. The van der Waals surface area contributed by atoms with Crippen LogP contribution >= 0.6 is 0 Å². The highest BCUT2D eigenvalue weighted by molar-refractivity contribution is 7.88. The first kappa shape index (κ1) is 20.2. The number of piperazine rings is 1. The van der Waals surface area contributed by atoms with Crippen LogP contribution < -0.4 is 4.74 Å². The van der Waals surface area contributed by atoms with Crippen molar-refractivity contribution in [1.29, 1.82) is 0 Å². The van der Waals surface area contributed by atoms with Gasteiger partial charge in [0.05, 0.1) is 18.9 Å². The molecule has 2 aromatic carbocycles. The number of hydrogen-bond acceptors (Lipinski definition) is 6. The Morgan fingerprint density at radius 2 is 1.63 bits per heavy atom. The fourth-order valence-electron chi connectivity index (χ4n) is 3.87. The first-order chi connectivity index (χ1) is 14.2. The molecule has 30 heavy (non-hydrogen) atoms. The number of rotatable bonds is 3. The maximum Gasteiger partial charge on any atom is 0.253 e. The van der Waals surface area contributed by atoms with Crippen LogP contribution in [0.25, 0.3) is 0 Å². The molecule has 1 amide bonds. The first-order valence-electron chi connectivity index (χ1n) is 9.37. The zero-order valence-electron chi connectivity index (χ0n) is 16.5. The molecule has 0 saturated carbocycles. The Kier molecular flexibility index (Phi) is 4.95. The summed E-state index contributed by atoms with van der Waals surface area (Å²) in [5.41, 5.74) is 1.18. The van der Waals surface area contributed by atoms with E-state index in [1.165, 1.54) is 29.6 Å². The molecular weight excluding hydrogens is 408 g/mol. The van der Waals surface area contributed by atoms with Gasteiger partial charge in [-0.25, -0.2) is 8.42 Å². The quantitative estimate of drug-likeness (QED) is 0.621. The van der Waals surface area contributed by atoms with E-state index < -0.39 is 10.0 Å². The van der Waals surface area contributed by atoms with Gasteiger partial charge in [-0.15, -0.1) is 0 Å². The van der Waals surface area contributed by atoms with Crippen LogP contribution in [0.15, 0.2) is 36.4 Å². The monoisotopic (exact) mass is 428 g/mol. The predicted octanol–water partition coefficient (Wildman–Crippen LogP) is 1.19. The lowest BCUT2D eigenvalue weighted by Crippen LogP contribution is -2.50. The van der Waals surface area contributed by atoms with Gasteiger partial charge < -0.3 is 9.64 Å². The number of amides is 1. The van der Waals surface area contributed by atoms with E-state index >= 15 is 0 Å². The predicted molar refractivity (Wildman–Crippen MR) is 109 cm³/mol. The summed E-state index contributed by atoms with van der Waals surface area (Å²) in [6, 6.07) is 9.30. The molecule has 2 aliphatic rings. The van der Waals surface area contributed by atoms with Crippen LogP contribution in [0.1, 0.15) is 42.2 Å². The maximum absolute atomic E-state index is 13.0. The molecule has 1 aliphatic carbocycles. The molecule has 9 heteroatoms. The van der Waals surface area contributed by atoms with Gasteiger partial charge in [0.1, 0.15) is 5.75 Å². The zero-order chi connectivity index (χ0) is 21.6. The minimum atomic E-state index is -3.30. The summed E-state index contributed by atoms with van der Waals surface area (Å²) in [7, 11) is -1.86. The minimum Gasteiger partial charge on any atom is -0.496 e. The number of ether oxygens (including phenoxy) is 1. The van der Waals surface area contributed by atoms with Crippen LogP contribution in [0.5, 0.6) is 5.75 Å². The average Bonchev–Trinajstić information content (AvgIpc) is 2.75. The molecule has 0 atom stereocenters. The lowest BCUT2D eigenvalue weighted by molar-refractivity contribution is 0.0698. The largest absolute Gasteiger partial charge is 0.496 e. The molecule has 0 radical (unpaired) electrons. The second-order valence-corrected chi connectivity index (χ2v) is 9.24. The number of hydrogen-bond donors (Lipinski definition) is 0. The smallest absolute Gasteiger partial charge is 0.253 e. The first-order valence-corrected chi connectivity index (χ1v) is 11.2. The summed E-state index contributed by atoms with van der Waals surface area (Å²) in [5, 5.41) is 0. The van der Waals surface area contributed by atoms with Gasteiger partial charge >= 0.3 is 0 Å². The van der Waals surface area contributed by atoms with Gasteiger partial charge in [-0.3, -0.25) is 14.4 Å². The second-order valence-electron chi connectivity index (χ2n) is 7.26. The Labute approximate surface area is 174 Å². The molecule has 0 aromatic heterocycles. The van der Waals surface area contributed by atoms with Crippen molar-refractivity contribution in [3.8, 4) is 5.75 Å². The third kappa shape index (κ3) is 3.29. The number of ketones is 2. The number of carbonyl (C=O) groups is 3. The molecule has 1 saturated heterocycles. The van der Waals surface area contributed by atoms with Crippen molar-refractivity contribution in [2.45, 2.75) is 0 Å². The molecule has 1 heterocycles. The minimum absolute atomic E-state index is 0.182. The van der Waals surface area contributed by atoms with Crippen LogP contribution in [0, 0.1) is 0 Å². The van der Waals surface area contributed by atoms with Crippen molar-refractivity contribution in [1.82, 2.24) is 9.21 Å². The summed E-state index contributed by atoms with van der Waals surface area (Å²) in [6.07, 6.45) is 1.14. The van der Waals surface area contributed by atoms with E-state index in [4.69, 9.17) is 4.74 Å². The summed E-state index contributed by atoms with van der Waals surface area (Å²) >= 11 is 0. The summed E-state index contributed by atoms with van der Waals surface area (Å²) in [5.74, 6) is -0.629. The molecule has 2 aromatic rings. The molecule has 0 unspecified atom stereocenters. The van der Waals surface area contributed by atoms with E-state index in [-0.39, 0.29) is 71.5 Å². The molecule has 8 nitrogen and oxygen atoms in total. The van der Waals surface area contributed by atoms with Gasteiger partial charge in [0.25, 0.3) is 5.91 Å². The fourth-order valence-corrected chi connectivity index (χ4v) is 4.70. The van der Waals surface area contributed by atoms with Crippen LogP contribution in [0.4, 0.5) is 0 Å². The standard InChI is InChI=1S/C21H20N2O6S/c1-29-17-5-3-4-15-18(17)20(25)14-7-6-13(12-16(14)19(15)24)21(26)22-8-10-23(11-9-22)30(2,27)28/h3-7,12H,8-11H2,1-2H3. The van der Waals surface area contributed by atoms with E-state index in [0.717, 1.165) is 6.26 Å². The van der Waals surface area contributed by atoms with E-state index in [9.17, 15) is 22.8 Å². The average molecular weight is 428 g/mol. The Morgan fingerprint density at radius 1 is 0.933 bits per heavy atom. The van der Waals surface area contributed by atoms with Gasteiger partial charge in [-0.2, -0.15) is 4.31 Å². The fraction of sp³-hybridized carbons (Fsp3) is 0.286. The topological polar surface area (TPSA) is 101 Å².